The molecule has 1 aromatic carbocycles. The third-order valence-corrected chi connectivity index (χ3v) is 8.44. The zero-order valence-electron chi connectivity index (χ0n) is 25.4. The molecule has 4 aromatic rings. The minimum Gasteiger partial charge on any atom is -0.481 e. The number of pyridine rings is 3. The van der Waals surface area contributed by atoms with E-state index in [-0.39, 0.29) is 24.4 Å². The molecule has 0 radical (unpaired) electrons. The Morgan fingerprint density at radius 1 is 1.02 bits per heavy atom. The van der Waals surface area contributed by atoms with Crippen LogP contribution in [0.4, 0.5) is 15.9 Å². The second kappa shape index (κ2) is 16.1. The summed E-state index contributed by atoms with van der Waals surface area (Å²) in [6, 6.07) is 12.6. The Morgan fingerprint density at radius 3 is 2.65 bits per heavy atom. The van der Waals surface area contributed by atoms with E-state index in [2.05, 4.69) is 31.2 Å². The number of aryl methyl sites for hydroxylation is 1. The van der Waals surface area contributed by atoms with Crippen molar-refractivity contribution in [2.45, 2.75) is 38.3 Å². The molecular weight excluding hydrogens is 632 g/mol. The Hall–Kier alpha value is -3.87. The van der Waals surface area contributed by atoms with E-state index in [1.165, 1.54) is 0 Å². The van der Waals surface area contributed by atoms with Gasteiger partial charge in [0.2, 0.25) is 11.8 Å². The van der Waals surface area contributed by atoms with Gasteiger partial charge in [0, 0.05) is 61.2 Å². The molecule has 46 heavy (non-hydrogen) atoms. The van der Waals surface area contributed by atoms with Crippen LogP contribution in [0.5, 0.6) is 5.88 Å². The predicted octanol–water partition coefficient (Wildman–Crippen LogP) is 5.29. The number of anilines is 2. The van der Waals surface area contributed by atoms with Crippen LogP contribution < -0.4 is 26.0 Å². The Labute approximate surface area is 277 Å². The topological polar surface area (TPSA) is 133 Å². The van der Waals surface area contributed by atoms with Crippen molar-refractivity contribution in [2.24, 2.45) is 0 Å². The van der Waals surface area contributed by atoms with Crippen molar-refractivity contribution in [3.63, 3.8) is 0 Å². The quantitative estimate of drug-likeness (QED) is 0.107. The number of amides is 1. The molecule has 0 spiro atoms. The van der Waals surface area contributed by atoms with Crippen molar-refractivity contribution >= 4 is 40.6 Å². The van der Waals surface area contributed by atoms with Gasteiger partial charge in [0.25, 0.3) is 0 Å². The number of aliphatic hydroxyl groups is 1. The standard InChI is InChI=1S/C33H36Cl2FN7O3/c1-46-33-21(18-38-19-22-8-10-27(45)41-22)7-9-25(43-33)23-12-15-39-31(29(23)35)24-5-2-6-26(28(24)34)42-32-30(36)20(11-14-40-32)4-3-13-37-16-17-44/h2,5-7,9,11-12,14-15,22,37-38,44H,3-4,8,10,13,16-19H2,1H3,(H,40,42)(H,41,45)/t22-/m0/s1. The number of methoxy groups -OCH3 is 1. The zero-order valence-corrected chi connectivity index (χ0v) is 26.9. The fraction of sp³-hybridized carbons (Fsp3) is 0.333. The second-order valence-electron chi connectivity index (χ2n) is 10.8. The van der Waals surface area contributed by atoms with Gasteiger partial charge >= 0.3 is 0 Å². The summed E-state index contributed by atoms with van der Waals surface area (Å²) in [5, 5.41) is 22.0. The molecule has 5 rings (SSSR count). The van der Waals surface area contributed by atoms with Gasteiger partial charge in [-0.25, -0.2) is 14.4 Å². The molecule has 1 aliphatic rings. The van der Waals surface area contributed by atoms with Crippen molar-refractivity contribution in [1.82, 2.24) is 30.9 Å². The van der Waals surface area contributed by atoms with E-state index in [1.54, 1.807) is 49.8 Å². The molecule has 1 amide bonds. The number of carbonyl (C=O) groups excluding carboxylic acids is 1. The smallest absolute Gasteiger partial charge is 0.220 e. The molecule has 1 atom stereocenters. The molecular formula is C33H36Cl2FN7O3. The third-order valence-electron chi connectivity index (χ3n) is 7.65. The van der Waals surface area contributed by atoms with Crippen LogP contribution in [0.15, 0.2) is 54.9 Å². The molecule has 0 unspecified atom stereocenters. The van der Waals surface area contributed by atoms with Gasteiger partial charge in [0.05, 0.1) is 40.8 Å². The van der Waals surface area contributed by atoms with Crippen molar-refractivity contribution in [1.29, 1.82) is 0 Å². The number of hydrogen-bond donors (Lipinski definition) is 5. The lowest BCUT2D eigenvalue weighted by atomic mass is 10.1. The van der Waals surface area contributed by atoms with E-state index < -0.39 is 5.82 Å². The van der Waals surface area contributed by atoms with E-state index >= 15 is 4.39 Å². The van der Waals surface area contributed by atoms with Crippen LogP contribution in [-0.4, -0.2) is 65.4 Å². The van der Waals surface area contributed by atoms with Gasteiger partial charge in [-0.15, -0.1) is 0 Å². The maximum Gasteiger partial charge on any atom is 0.220 e. The minimum atomic E-state index is -0.451. The first-order valence-corrected chi connectivity index (χ1v) is 15.8. The van der Waals surface area contributed by atoms with E-state index in [1.807, 2.05) is 12.1 Å². The molecule has 3 aromatic heterocycles. The minimum absolute atomic E-state index is 0.0595. The lowest BCUT2D eigenvalue weighted by Gasteiger charge is -2.16. The Morgan fingerprint density at radius 2 is 1.87 bits per heavy atom. The number of aromatic nitrogens is 3. The average Bonchev–Trinajstić information content (AvgIpc) is 3.48. The highest BCUT2D eigenvalue weighted by Gasteiger charge is 2.21. The average molecular weight is 669 g/mol. The van der Waals surface area contributed by atoms with Crippen molar-refractivity contribution in [3.05, 3.63) is 81.8 Å². The van der Waals surface area contributed by atoms with E-state index in [9.17, 15) is 4.79 Å². The zero-order chi connectivity index (χ0) is 32.5. The molecule has 13 heteroatoms. The van der Waals surface area contributed by atoms with Crippen LogP contribution >= 0.6 is 23.2 Å². The van der Waals surface area contributed by atoms with Gasteiger partial charge < -0.3 is 31.1 Å². The van der Waals surface area contributed by atoms with Crippen LogP contribution in [0.2, 0.25) is 10.0 Å². The number of halogens is 3. The van der Waals surface area contributed by atoms with Gasteiger partial charge in [-0.1, -0.05) is 41.4 Å². The summed E-state index contributed by atoms with van der Waals surface area (Å²) in [6.07, 6.45) is 5.78. The van der Waals surface area contributed by atoms with Crippen molar-refractivity contribution in [2.75, 3.05) is 38.7 Å². The van der Waals surface area contributed by atoms with E-state index in [0.717, 1.165) is 12.0 Å². The van der Waals surface area contributed by atoms with Gasteiger partial charge in [-0.3, -0.25) is 9.78 Å². The maximum absolute atomic E-state index is 15.3. The van der Waals surface area contributed by atoms with Gasteiger partial charge in [-0.2, -0.15) is 0 Å². The van der Waals surface area contributed by atoms with Crippen LogP contribution in [0, 0.1) is 5.82 Å². The lowest BCUT2D eigenvalue weighted by Crippen LogP contribution is -2.35. The second-order valence-corrected chi connectivity index (χ2v) is 11.6. The number of nitrogens with zero attached hydrogens (tertiary/aromatic N) is 3. The number of nitrogens with one attached hydrogen (secondary N) is 4. The Bertz CT molecular complexity index is 1680. The number of rotatable bonds is 15. The Kier molecular flexibility index (Phi) is 11.7. The van der Waals surface area contributed by atoms with Gasteiger partial charge in [0.15, 0.2) is 11.6 Å². The summed E-state index contributed by atoms with van der Waals surface area (Å²) >= 11 is 13.8. The molecule has 5 N–H and O–H groups in total. The molecule has 1 saturated heterocycles. The predicted molar refractivity (Wildman–Crippen MR) is 178 cm³/mol. The monoisotopic (exact) mass is 667 g/mol. The first kappa shape index (κ1) is 33.5. The number of hydrogen-bond acceptors (Lipinski definition) is 9. The summed E-state index contributed by atoms with van der Waals surface area (Å²) in [6.45, 7) is 2.40. The highest BCUT2D eigenvalue weighted by Crippen LogP contribution is 2.41. The van der Waals surface area contributed by atoms with Crippen LogP contribution in [0.1, 0.15) is 30.4 Å². The number of carbonyl (C=O) groups is 1. The van der Waals surface area contributed by atoms with Crippen molar-refractivity contribution < 1.29 is 19.0 Å². The fourth-order valence-electron chi connectivity index (χ4n) is 5.28. The van der Waals surface area contributed by atoms with Gasteiger partial charge in [0.1, 0.15) is 0 Å². The van der Waals surface area contributed by atoms with E-state index in [0.29, 0.717) is 95.1 Å². The SMILES string of the molecule is COc1nc(-c2ccnc(-c3cccc(Nc4nccc(CCCNCCO)c4F)c3Cl)c2Cl)ccc1CNC[C@@H]1CCC(=O)N1. The molecule has 0 aliphatic carbocycles. The molecule has 4 heterocycles. The highest BCUT2D eigenvalue weighted by atomic mass is 35.5. The number of aliphatic hydroxyl groups excluding tert-OH is 1. The third kappa shape index (κ3) is 8.09. The molecule has 0 saturated carbocycles. The first-order valence-electron chi connectivity index (χ1n) is 15.1. The molecule has 0 bridgehead atoms. The molecule has 242 valence electrons. The summed E-state index contributed by atoms with van der Waals surface area (Å²) in [5.41, 5.74) is 4.07. The van der Waals surface area contributed by atoms with Crippen molar-refractivity contribution in [3.8, 4) is 28.4 Å². The first-order chi connectivity index (χ1) is 22.4. The summed E-state index contributed by atoms with van der Waals surface area (Å²) in [4.78, 5) is 24.9. The summed E-state index contributed by atoms with van der Waals surface area (Å²) < 4.78 is 20.9. The molecule has 10 nitrogen and oxygen atoms in total. The van der Waals surface area contributed by atoms with Crippen LogP contribution in [0.3, 0.4) is 0 Å². The largest absolute Gasteiger partial charge is 0.481 e. The fourth-order valence-corrected chi connectivity index (χ4v) is 5.86. The Balaban J connectivity index is 1.33. The van der Waals surface area contributed by atoms with E-state index in [4.69, 9.17) is 38.0 Å². The molecule has 1 aliphatic heterocycles. The molecule has 1 fully saturated rings. The summed E-state index contributed by atoms with van der Waals surface area (Å²) in [5.74, 6) is 0.150. The number of ether oxygens (including phenoxy) is 1. The lowest BCUT2D eigenvalue weighted by molar-refractivity contribution is -0.119. The highest BCUT2D eigenvalue weighted by molar-refractivity contribution is 6.39. The van der Waals surface area contributed by atoms with Crippen LogP contribution in [-0.2, 0) is 17.8 Å². The maximum atomic E-state index is 15.3. The van der Waals surface area contributed by atoms with Gasteiger partial charge in [-0.05, 0) is 55.6 Å². The van der Waals surface area contributed by atoms with Crippen LogP contribution in [0.25, 0.3) is 22.5 Å². The number of benzene rings is 1. The summed E-state index contributed by atoms with van der Waals surface area (Å²) in [7, 11) is 1.56. The normalized spacial score (nSPS) is 14.4.